The summed E-state index contributed by atoms with van der Waals surface area (Å²) in [6.07, 6.45) is 1.89. The number of benzene rings is 1. The van der Waals surface area contributed by atoms with Crippen LogP contribution in [0.25, 0.3) is 10.9 Å². The lowest BCUT2D eigenvalue weighted by molar-refractivity contribution is 1.04. The van der Waals surface area contributed by atoms with Gasteiger partial charge in [0.05, 0.1) is 5.52 Å². The van der Waals surface area contributed by atoms with E-state index in [1.165, 1.54) is 9.65 Å². The molecule has 1 aromatic carbocycles. The number of fused-ring (bicyclic) bond motifs is 1. The van der Waals surface area contributed by atoms with Gasteiger partial charge in [-0.05, 0) is 31.9 Å². The summed E-state index contributed by atoms with van der Waals surface area (Å²) in [4.78, 5) is 0. The van der Waals surface area contributed by atoms with E-state index in [2.05, 4.69) is 30.9 Å². The van der Waals surface area contributed by atoms with E-state index in [1.807, 2.05) is 18.3 Å². The zero-order valence-electron chi connectivity index (χ0n) is 6.15. The van der Waals surface area contributed by atoms with Gasteiger partial charge in [0.15, 0.2) is 0 Å². The molecule has 0 radical (unpaired) electrons. The first-order valence-corrected chi connectivity index (χ1v) is 3.81. The van der Waals surface area contributed by atoms with Gasteiger partial charge < -0.3 is 0 Å². The molecular formula is C8H8N2S. The molecule has 1 aromatic heterocycles. The Morgan fingerprint density at radius 3 is 3.09 bits per heavy atom. The molecule has 56 valence electrons. The van der Waals surface area contributed by atoms with Gasteiger partial charge in [-0.2, -0.15) is 5.10 Å². The first kappa shape index (κ1) is 6.73. The molecule has 0 atom stereocenters. The van der Waals surface area contributed by atoms with Crippen LogP contribution in [0.2, 0.25) is 0 Å². The molecule has 0 fully saturated rings. The van der Waals surface area contributed by atoms with Crippen molar-refractivity contribution in [1.82, 2.24) is 9.19 Å². The van der Waals surface area contributed by atoms with Crippen LogP contribution in [0.15, 0.2) is 24.4 Å². The monoisotopic (exact) mass is 164 g/mol. The maximum Gasteiger partial charge on any atom is 0.0934 e. The van der Waals surface area contributed by atoms with Crippen molar-refractivity contribution >= 4 is 23.7 Å². The summed E-state index contributed by atoms with van der Waals surface area (Å²) in [6.45, 7) is 2.06. The molecule has 0 aliphatic rings. The third-order valence-corrected chi connectivity index (χ3v) is 1.85. The third-order valence-electron chi connectivity index (χ3n) is 1.65. The van der Waals surface area contributed by atoms with Gasteiger partial charge in [0.1, 0.15) is 0 Å². The van der Waals surface area contributed by atoms with Crippen molar-refractivity contribution < 1.29 is 0 Å². The number of rotatable bonds is 0. The smallest absolute Gasteiger partial charge is 0.0934 e. The molecule has 0 amide bonds. The van der Waals surface area contributed by atoms with E-state index in [1.54, 1.807) is 0 Å². The van der Waals surface area contributed by atoms with Gasteiger partial charge in [-0.1, -0.05) is 11.6 Å². The van der Waals surface area contributed by atoms with Crippen molar-refractivity contribution in [2.45, 2.75) is 6.92 Å². The van der Waals surface area contributed by atoms with Crippen molar-refractivity contribution in [2.75, 3.05) is 0 Å². The van der Waals surface area contributed by atoms with Crippen LogP contribution in [-0.4, -0.2) is 9.19 Å². The number of aryl methyl sites for hydroxylation is 1. The largest absolute Gasteiger partial charge is 0.216 e. The van der Waals surface area contributed by atoms with Crippen molar-refractivity contribution in [1.29, 1.82) is 0 Å². The predicted octanol–water partition coefficient (Wildman–Crippen LogP) is 2.04. The van der Waals surface area contributed by atoms with E-state index in [4.69, 9.17) is 0 Å². The van der Waals surface area contributed by atoms with Gasteiger partial charge >= 0.3 is 0 Å². The molecule has 0 saturated heterocycles. The van der Waals surface area contributed by atoms with E-state index in [0.29, 0.717) is 0 Å². The average Bonchev–Trinajstić information content (AvgIpc) is 2.27. The highest BCUT2D eigenvalue weighted by Gasteiger charge is 1.96. The molecule has 0 saturated carbocycles. The number of hydrogen-bond acceptors (Lipinski definition) is 2. The first-order valence-electron chi connectivity index (χ1n) is 3.41. The summed E-state index contributed by atoms with van der Waals surface area (Å²) < 4.78 is 1.53. The molecule has 0 bridgehead atoms. The van der Waals surface area contributed by atoms with Gasteiger partial charge in [-0.15, -0.1) is 0 Å². The van der Waals surface area contributed by atoms with Crippen molar-refractivity contribution in [3.05, 3.63) is 30.0 Å². The fourth-order valence-corrected chi connectivity index (χ4v) is 1.35. The fraction of sp³-hybridized carbons (Fsp3) is 0.125. The van der Waals surface area contributed by atoms with Gasteiger partial charge in [0.2, 0.25) is 0 Å². The Bertz CT molecular complexity index is 392. The van der Waals surface area contributed by atoms with Crippen LogP contribution in [0, 0.1) is 6.92 Å². The summed E-state index contributed by atoms with van der Waals surface area (Å²) in [5.41, 5.74) is 2.24. The second-order valence-corrected chi connectivity index (χ2v) is 3.02. The van der Waals surface area contributed by atoms with E-state index >= 15 is 0 Å². The molecule has 0 aliphatic heterocycles. The minimum atomic E-state index is 0.991. The van der Waals surface area contributed by atoms with Crippen LogP contribution in [0.5, 0.6) is 0 Å². The van der Waals surface area contributed by atoms with Crippen molar-refractivity contribution in [3.63, 3.8) is 0 Å². The number of nitrogens with zero attached hydrogens (tertiary/aromatic N) is 2. The highest BCUT2D eigenvalue weighted by molar-refractivity contribution is 7.78. The highest BCUT2D eigenvalue weighted by atomic mass is 32.1. The standard InChI is InChI=1S/C8H8N2S/c1-6-2-3-8-7(4-6)5-10(11)9-8/h2-5,11H,1H3. The van der Waals surface area contributed by atoms with E-state index in [0.717, 1.165) is 10.9 Å². The van der Waals surface area contributed by atoms with Crippen LogP contribution in [-0.2, 0) is 0 Å². The van der Waals surface area contributed by atoms with Crippen molar-refractivity contribution in [3.8, 4) is 0 Å². The van der Waals surface area contributed by atoms with Crippen molar-refractivity contribution in [2.24, 2.45) is 0 Å². The molecule has 2 nitrogen and oxygen atoms in total. The predicted molar refractivity (Wildman–Crippen MR) is 48.9 cm³/mol. The molecule has 3 heteroatoms. The fourth-order valence-electron chi connectivity index (χ4n) is 1.13. The second-order valence-electron chi connectivity index (χ2n) is 2.61. The lowest BCUT2D eigenvalue weighted by Gasteiger charge is -1.88. The van der Waals surface area contributed by atoms with Gasteiger partial charge in [0.25, 0.3) is 0 Å². The first-order chi connectivity index (χ1) is 5.25. The molecule has 2 aromatic rings. The normalized spacial score (nSPS) is 10.7. The molecule has 0 N–H and O–H groups in total. The topological polar surface area (TPSA) is 17.8 Å². The van der Waals surface area contributed by atoms with Gasteiger partial charge in [-0.3, -0.25) is 0 Å². The third kappa shape index (κ3) is 1.12. The van der Waals surface area contributed by atoms with Crippen LogP contribution in [0.3, 0.4) is 0 Å². The summed E-state index contributed by atoms with van der Waals surface area (Å²) in [7, 11) is 0. The summed E-state index contributed by atoms with van der Waals surface area (Å²) in [5, 5.41) is 5.27. The summed E-state index contributed by atoms with van der Waals surface area (Å²) in [6, 6.07) is 6.13. The molecule has 0 spiro atoms. The Labute approximate surface area is 70.4 Å². The minimum absolute atomic E-state index is 0.991. The van der Waals surface area contributed by atoms with Crippen LogP contribution in [0.4, 0.5) is 0 Å². The Morgan fingerprint density at radius 2 is 2.27 bits per heavy atom. The zero-order chi connectivity index (χ0) is 7.84. The lowest BCUT2D eigenvalue weighted by Crippen LogP contribution is -1.75. The minimum Gasteiger partial charge on any atom is -0.216 e. The van der Waals surface area contributed by atoms with Gasteiger partial charge in [-0.25, -0.2) is 4.09 Å². The zero-order valence-corrected chi connectivity index (χ0v) is 7.05. The van der Waals surface area contributed by atoms with E-state index in [9.17, 15) is 0 Å². The van der Waals surface area contributed by atoms with Crippen LogP contribution < -0.4 is 0 Å². The Kier molecular flexibility index (Phi) is 1.39. The molecular weight excluding hydrogens is 156 g/mol. The molecule has 2 rings (SSSR count). The highest BCUT2D eigenvalue weighted by Crippen LogP contribution is 2.13. The number of hydrogen-bond donors (Lipinski definition) is 1. The molecule has 0 aliphatic carbocycles. The van der Waals surface area contributed by atoms with E-state index in [-0.39, 0.29) is 0 Å². The summed E-state index contributed by atoms with van der Waals surface area (Å²) in [5.74, 6) is 0. The molecule has 1 heterocycles. The second kappa shape index (κ2) is 2.27. The quantitative estimate of drug-likeness (QED) is 0.590. The average molecular weight is 164 g/mol. The number of thiol groups is 1. The van der Waals surface area contributed by atoms with Crippen LogP contribution >= 0.6 is 12.8 Å². The Balaban J connectivity index is 2.82. The SMILES string of the molecule is Cc1ccc2nn(S)cc2c1. The van der Waals surface area contributed by atoms with Crippen LogP contribution in [0.1, 0.15) is 5.56 Å². The van der Waals surface area contributed by atoms with Gasteiger partial charge in [0, 0.05) is 11.6 Å². The maximum atomic E-state index is 4.14. The molecule has 0 unspecified atom stereocenters. The summed E-state index contributed by atoms with van der Waals surface area (Å²) >= 11 is 4.08. The molecule has 11 heavy (non-hydrogen) atoms. The Morgan fingerprint density at radius 1 is 1.45 bits per heavy atom. The maximum absolute atomic E-state index is 4.14. The Hall–Kier alpha value is -0.960. The van der Waals surface area contributed by atoms with E-state index < -0.39 is 0 Å². The lowest BCUT2D eigenvalue weighted by atomic mass is 10.2. The number of aromatic nitrogens is 2.